The van der Waals surface area contributed by atoms with E-state index in [2.05, 4.69) is 19.2 Å². The highest BCUT2D eigenvalue weighted by atomic mass is 35.5. The van der Waals surface area contributed by atoms with Crippen LogP contribution in [0.4, 0.5) is 4.39 Å². The molecule has 1 aliphatic carbocycles. The number of fused-ring (bicyclic) bond motifs is 1. The molecule has 1 N–H and O–H groups in total. The molecule has 5 heteroatoms. The van der Waals surface area contributed by atoms with Gasteiger partial charge in [0.05, 0.1) is 12.2 Å². The number of benzene rings is 2. The molecule has 0 spiro atoms. The lowest BCUT2D eigenvalue weighted by atomic mass is 9.66. The minimum atomic E-state index is -0.432. The number of hydrogen-bond donors (Lipinski definition) is 1. The van der Waals surface area contributed by atoms with E-state index in [9.17, 15) is 9.18 Å². The van der Waals surface area contributed by atoms with Crippen LogP contribution in [0.5, 0.6) is 0 Å². The molecule has 2 fully saturated rings. The first kappa shape index (κ1) is 20.4. The van der Waals surface area contributed by atoms with Gasteiger partial charge < -0.3 is 10.1 Å². The van der Waals surface area contributed by atoms with Gasteiger partial charge in [-0.05, 0) is 61.6 Å². The van der Waals surface area contributed by atoms with Crippen molar-refractivity contribution in [3.8, 4) is 0 Å². The molecule has 29 heavy (non-hydrogen) atoms. The molecule has 1 amide bonds. The van der Waals surface area contributed by atoms with E-state index in [1.807, 2.05) is 24.3 Å². The van der Waals surface area contributed by atoms with Gasteiger partial charge in [0.1, 0.15) is 5.82 Å². The largest absolute Gasteiger partial charge is 0.370 e. The molecule has 5 atom stereocenters. The van der Waals surface area contributed by atoms with Gasteiger partial charge >= 0.3 is 0 Å². The zero-order chi connectivity index (χ0) is 20.6. The number of amides is 1. The molecule has 4 rings (SSSR count). The van der Waals surface area contributed by atoms with Crippen LogP contribution in [0.25, 0.3) is 0 Å². The zero-order valence-electron chi connectivity index (χ0n) is 16.8. The molecule has 2 aromatic carbocycles. The fourth-order valence-corrected chi connectivity index (χ4v) is 5.26. The minimum absolute atomic E-state index is 0.0762. The van der Waals surface area contributed by atoms with Crippen molar-refractivity contribution >= 4 is 17.5 Å². The van der Waals surface area contributed by atoms with Crippen molar-refractivity contribution < 1.29 is 13.9 Å². The lowest BCUT2D eigenvalue weighted by molar-refractivity contribution is -0.144. The maximum absolute atomic E-state index is 13.3. The van der Waals surface area contributed by atoms with Gasteiger partial charge in [-0.2, -0.15) is 0 Å². The molecule has 2 aromatic rings. The Morgan fingerprint density at radius 1 is 1.17 bits per heavy atom. The summed E-state index contributed by atoms with van der Waals surface area (Å²) in [5.41, 5.74) is 1.00. The quantitative estimate of drug-likeness (QED) is 0.674. The van der Waals surface area contributed by atoms with Crippen molar-refractivity contribution in [2.45, 2.75) is 57.3 Å². The summed E-state index contributed by atoms with van der Waals surface area (Å²) in [4.78, 5) is 13.0. The van der Waals surface area contributed by atoms with E-state index in [4.69, 9.17) is 16.3 Å². The lowest BCUT2D eigenvalue weighted by Gasteiger charge is -2.52. The Morgan fingerprint density at radius 2 is 1.90 bits per heavy atom. The highest BCUT2D eigenvalue weighted by Crippen LogP contribution is 2.48. The Bertz CT molecular complexity index is 887. The number of carbonyl (C=O) groups excluding carboxylic acids is 1. The molecule has 1 heterocycles. The summed E-state index contributed by atoms with van der Waals surface area (Å²) >= 11 is 6.47. The maximum Gasteiger partial charge on any atom is 0.251 e. The molecule has 3 nitrogen and oxygen atoms in total. The first-order valence-corrected chi connectivity index (χ1v) is 10.7. The third-order valence-electron chi connectivity index (χ3n) is 6.58. The van der Waals surface area contributed by atoms with Crippen LogP contribution in [0.3, 0.4) is 0 Å². The number of rotatable bonds is 3. The standard InChI is InChI=1S/C24H27ClFNO2/c1-15-7-12-19-21(13-15)29-22(18-5-3-4-6-20(18)25)14-24(19,2)27-23(28)16-8-10-17(26)11-9-16/h3-6,8-11,15,19,21-22H,7,12-14H2,1-2H3,(H,27,28)/t15-,19-,21-,22-,24-/m0/s1. The second-order valence-electron chi connectivity index (χ2n) is 8.79. The first-order valence-electron chi connectivity index (χ1n) is 10.3. The van der Waals surface area contributed by atoms with E-state index in [0.717, 1.165) is 24.8 Å². The first-order chi connectivity index (χ1) is 13.9. The Hall–Kier alpha value is -1.91. The van der Waals surface area contributed by atoms with Crippen molar-refractivity contribution in [2.24, 2.45) is 11.8 Å². The van der Waals surface area contributed by atoms with Crippen LogP contribution in [-0.2, 0) is 4.74 Å². The summed E-state index contributed by atoms with van der Waals surface area (Å²) in [5, 5.41) is 3.97. The van der Waals surface area contributed by atoms with Gasteiger partial charge in [0.25, 0.3) is 5.91 Å². The van der Waals surface area contributed by atoms with E-state index in [0.29, 0.717) is 22.9 Å². The molecular formula is C24H27ClFNO2. The predicted molar refractivity (Wildman–Crippen MR) is 112 cm³/mol. The van der Waals surface area contributed by atoms with Crippen molar-refractivity contribution in [2.75, 3.05) is 0 Å². The number of halogens is 2. The minimum Gasteiger partial charge on any atom is -0.370 e. The van der Waals surface area contributed by atoms with Gasteiger partial charge in [0.2, 0.25) is 0 Å². The van der Waals surface area contributed by atoms with Crippen LogP contribution in [-0.4, -0.2) is 17.6 Å². The van der Waals surface area contributed by atoms with Crippen molar-refractivity contribution in [1.29, 1.82) is 0 Å². The Labute approximate surface area is 176 Å². The van der Waals surface area contributed by atoms with Gasteiger partial charge in [-0.3, -0.25) is 4.79 Å². The summed E-state index contributed by atoms with van der Waals surface area (Å²) < 4.78 is 19.8. The smallest absolute Gasteiger partial charge is 0.251 e. The number of carbonyl (C=O) groups is 1. The van der Waals surface area contributed by atoms with Gasteiger partial charge in [-0.15, -0.1) is 0 Å². The Balaban J connectivity index is 1.63. The molecule has 1 saturated carbocycles. The van der Waals surface area contributed by atoms with Crippen LogP contribution in [0, 0.1) is 17.7 Å². The fourth-order valence-electron chi connectivity index (χ4n) is 5.00. The maximum atomic E-state index is 13.3. The monoisotopic (exact) mass is 415 g/mol. The molecule has 154 valence electrons. The second kappa shape index (κ2) is 8.08. The van der Waals surface area contributed by atoms with Gasteiger partial charge in [0.15, 0.2) is 0 Å². The van der Waals surface area contributed by atoms with Gasteiger partial charge in [0, 0.05) is 28.5 Å². The van der Waals surface area contributed by atoms with Crippen molar-refractivity contribution in [1.82, 2.24) is 5.32 Å². The zero-order valence-corrected chi connectivity index (χ0v) is 17.6. The molecule has 1 aliphatic heterocycles. The molecule has 0 aromatic heterocycles. The van der Waals surface area contributed by atoms with Crippen molar-refractivity contribution in [3.05, 3.63) is 70.5 Å². The molecule has 0 radical (unpaired) electrons. The second-order valence-corrected chi connectivity index (χ2v) is 9.20. The highest BCUT2D eigenvalue weighted by molar-refractivity contribution is 6.31. The van der Waals surface area contributed by atoms with Gasteiger partial charge in [-0.25, -0.2) is 4.39 Å². The molecule has 0 bridgehead atoms. The van der Waals surface area contributed by atoms with Crippen molar-refractivity contribution in [3.63, 3.8) is 0 Å². The van der Waals surface area contributed by atoms with Crippen LogP contribution >= 0.6 is 11.6 Å². The Morgan fingerprint density at radius 3 is 2.62 bits per heavy atom. The fraction of sp³-hybridized carbons (Fsp3) is 0.458. The predicted octanol–water partition coefficient (Wildman–Crippen LogP) is 5.93. The topological polar surface area (TPSA) is 38.3 Å². The van der Waals surface area contributed by atoms with E-state index >= 15 is 0 Å². The van der Waals surface area contributed by atoms with Gasteiger partial charge in [-0.1, -0.05) is 43.1 Å². The molecular weight excluding hydrogens is 389 g/mol. The third-order valence-corrected chi connectivity index (χ3v) is 6.92. The molecule has 0 unspecified atom stereocenters. The van der Waals surface area contributed by atoms with Crippen LogP contribution in [0.2, 0.25) is 5.02 Å². The van der Waals surface area contributed by atoms with Crippen LogP contribution in [0.1, 0.15) is 61.6 Å². The number of nitrogens with one attached hydrogen (secondary N) is 1. The highest BCUT2D eigenvalue weighted by Gasteiger charge is 2.49. The third kappa shape index (κ3) is 4.19. The van der Waals surface area contributed by atoms with E-state index in [1.54, 1.807) is 0 Å². The summed E-state index contributed by atoms with van der Waals surface area (Å²) in [6.45, 7) is 4.38. The average molecular weight is 416 g/mol. The number of ether oxygens (including phenoxy) is 1. The Kier molecular flexibility index (Phi) is 5.67. The SMILES string of the molecule is C[C@H]1CC[C@H]2[C@H](C1)O[C@H](c1ccccc1Cl)C[C@]2(C)NC(=O)c1ccc(F)cc1. The lowest BCUT2D eigenvalue weighted by Crippen LogP contribution is -2.60. The van der Waals surface area contributed by atoms with Crippen LogP contribution < -0.4 is 5.32 Å². The van der Waals surface area contributed by atoms with E-state index < -0.39 is 5.54 Å². The summed E-state index contributed by atoms with van der Waals surface area (Å²) in [5.74, 6) is 0.309. The summed E-state index contributed by atoms with van der Waals surface area (Å²) in [6, 6.07) is 13.5. The normalized spacial score (nSPS) is 31.7. The number of hydrogen-bond acceptors (Lipinski definition) is 2. The average Bonchev–Trinajstić information content (AvgIpc) is 2.68. The summed E-state index contributed by atoms with van der Waals surface area (Å²) in [6.07, 6.45) is 3.68. The van der Waals surface area contributed by atoms with Crippen LogP contribution in [0.15, 0.2) is 48.5 Å². The molecule has 1 saturated heterocycles. The van der Waals surface area contributed by atoms with E-state index in [1.165, 1.54) is 24.3 Å². The van der Waals surface area contributed by atoms with E-state index in [-0.39, 0.29) is 29.9 Å². The molecule has 2 aliphatic rings. The summed E-state index contributed by atoms with van der Waals surface area (Å²) in [7, 11) is 0.